The maximum Gasteiger partial charge on any atom is 0.258 e. The Hall–Kier alpha value is -1.69. The molecule has 4 saturated carbocycles. The number of aliphatic hydroxyl groups is 1. The zero-order chi connectivity index (χ0) is 17.8. The van der Waals surface area contributed by atoms with Gasteiger partial charge in [0.25, 0.3) is 5.91 Å². The highest BCUT2D eigenvalue weighted by Crippen LogP contribution is 2.55. The average molecular weight is 345 g/mol. The molecule has 0 saturated heterocycles. The van der Waals surface area contributed by atoms with Crippen molar-refractivity contribution in [3.05, 3.63) is 17.6 Å². The van der Waals surface area contributed by atoms with E-state index in [0.717, 1.165) is 32.1 Å². The van der Waals surface area contributed by atoms with Crippen LogP contribution in [0.2, 0.25) is 0 Å². The Morgan fingerprint density at radius 3 is 2.60 bits per heavy atom. The molecule has 4 fully saturated rings. The zero-order valence-corrected chi connectivity index (χ0v) is 15.2. The molecular formula is C19H27N3O3. The van der Waals surface area contributed by atoms with Crippen LogP contribution in [-0.4, -0.2) is 38.7 Å². The lowest BCUT2D eigenvalue weighted by atomic mass is 9.52. The molecule has 136 valence electrons. The van der Waals surface area contributed by atoms with E-state index in [2.05, 4.69) is 15.3 Å². The second-order valence-corrected chi connectivity index (χ2v) is 8.50. The number of rotatable bonds is 4. The number of ether oxygens (including phenoxy) is 1. The molecule has 0 aliphatic heterocycles. The maximum atomic E-state index is 12.9. The molecule has 2 N–H and O–H groups in total. The fraction of sp³-hybridized carbons (Fsp3) is 0.737. The number of amides is 1. The maximum absolute atomic E-state index is 12.9. The summed E-state index contributed by atoms with van der Waals surface area (Å²) in [6.07, 6.45) is 6.29. The third kappa shape index (κ3) is 3.12. The number of nitrogens with one attached hydrogen (secondary N) is 1. The third-order valence-corrected chi connectivity index (χ3v) is 6.00. The fourth-order valence-corrected chi connectivity index (χ4v) is 5.36. The van der Waals surface area contributed by atoms with Gasteiger partial charge in [0.1, 0.15) is 11.4 Å². The number of carbonyl (C=O) groups excluding carboxylic acids is 1. The number of aromatic nitrogens is 2. The van der Waals surface area contributed by atoms with Gasteiger partial charge in [-0.1, -0.05) is 0 Å². The molecule has 0 spiro atoms. The smallest absolute Gasteiger partial charge is 0.258 e. The predicted octanol–water partition coefficient (Wildman–Crippen LogP) is 2.24. The zero-order valence-electron chi connectivity index (χ0n) is 15.2. The summed E-state index contributed by atoms with van der Waals surface area (Å²) in [6, 6.07) is 0.137. The van der Waals surface area contributed by atoms with Crippen LogP contribution in [0, 0.1) is 24.7 Å². The van der Waals surface area contributed by atoms with Gasteiger partial charge >= 0.3 is 0 Å². The van der Waals surface area contributed by atoms with Gasteiger partial charge in [0.15, 0.2) is 0 Å². The summed E-state index contributed by atoms with van der Waals surface area (Å²) in [6.45, 7) is 5.61. The van der Waals surface area contributed by atoms with Crippen molar-refractivity contribution in [1.82, 2.24) is 15.3 Å². The van der Waals surface area contributed by atoms with Crippen LogP contribution < -0.4 is 10.1 Å². The lowest BCUT2D eigenvalue weighted by Gasteiger charge is -2.58. The van der Waals surface area contributed by atoms with Crippen molar-refractivity contribution in [3.63, 3.8) is 0 Å². The van der Waals surface area contributed by atoms with Gasteiger partial charge in [-0.05, 0) is 70.6 Å². The van der Waals surface area contributed by atoms with Crippen LogP contribution in [-0.2, 0) is 0 Å². The molecule has 1 heterocycles. The topological polar surface area (TPSA) is 84.3 Å². The first-order valence-corrected chi connectivity index (χ1v) is 9.36. The summed E-state index contributed by atoms with van der Waals surface area (Å²) in [4.78, 5) is 21.4. The standard InChI is InChI=1S/C19H27N3O3/c1-10(2)25-18-15(9-20-11(3)21-18)17(23)22-16-13-4-12-5-14(16)8-19(24,6-12)7-13/h9-10,12-14,16,24H,4-8H2,1-3H3,(H,22,23). The van der Waals surface area contributed by atoms with Gasteiger partial charge in [0.05, 0.1) is 11.7 Å². The van der Waals surface area contributed by atoms with E-state index < -0.39 is 5.60 Å². The lowest BCUT2D eigenvalue weighted by Crippen LogP contribution is -2.61. The van der Waals surface area contributed by atoms with Crippen molar-refractivity contribution in [3.8, 4) is 5.88 Å². The van der Waals surface area contributed by atoms with E-state index in [-0.39, 0.29) is 18.1 Å². The van der Waals surface area contributed by atoms with E-state index in [1.807, 2.05) is 13.8 Å². The van der Waals surface area contributed by atoms with Crippen LogP contribution in [0.4, 0.5) is 0 Å². The van der Waals surface area contributed by atoms with Crippen LogP contribution in [0.5, 0.6) is 5.88 Å². The Labute approximate surface area is 148 Å². The van der Waals surface area contributed by atoms with Gasteiger partial charge in [-0.15, -0.1) is 0 Å². The Bertz CT molecular complexity index is 674. The van der Waals surface area contributed by atoms with Crippen molar-refractivity contribution in [2.24, 2.45) is 17.8 Å². The van der Waals surface area contributed by atoms with E-state index in [4.69, 9.17) is 4.74 Å². The van der Waals surface area contributed by atoms with Gasteiger partial charge < -0.3 is 15.2 Å². The molecule has 2 unspecified atom stereocenters. The Kier molecular flexibility index (Phi) is 3.98. The van der Waals surface area contributed by atoms with Gasteiger partial charge in [0.2, 0.25) is 5.88 Å². The number of carbonyl (C=O) groups is 1. The van der Waals surface area contributed by atoms with Crippen LogP contribution in [0.15, 0.2) is 6.20 Å². The molecule has 6 nitrogen and oxygen atoms in total. The van der Waals surface area contributed by atoms with Crippen LogP contribution >= 0.6 is 0 Å². The van der Waals surface area contributed by atoms with Crippen molar-refractivity contribution in [1.29, 1.82) is 0 Å². The summed E-state index contributed by atoms with van der Waals surface area (Å²) in [5.74, 6) is 2.15. The molecule has 6 heteroatoms. The second-order valence-electron chi connectivity index (χ2n) is 8.50. The quantitative estimate of drug-likeness (QED) is 0.874. The Morgan fingerprint density at radius 1 is 1.32 bits per heavy atom. The molecule has 2 atom stereocenters. The Balaban J connectivity index is 1.53. The fourth-order valence-electron chi connectivity index (χ4n) is 5.36. The molecule has 5 rings (SSSR count). The van der Waals surface area contributed by atoms with Gasteiger partial charge in [0, 0.05) is 12.2 Å². The molecule has 0 aromatic carbocycles. The van der Waals surface area contributed by atoms with Crippen LogP contribution in [0.25, 0.3) is 0 Å². The van der Waals surface area contributed by atoms with Gasteiger partial charge in [-0.2, -0.15) is 4.98 Å². The molecule has 4 bridgehead atoms. The molecule has 1 aromatic heterocycles. The number of hydrogen-bond donors (Lipinski definition) is 2. The van der Waals surface area contributed by atoms with Crippen molar-refractivity contribution in [2.75, 3.05) is 0 Å². The monoisotopic (exact) mass is 345 g/mol. The summed E-state index contributed by atoms with van der Waals surface area (Å²) in [5, 5.41) is 13.9. The first kappa shape index (κ1) is 16.8. The minimum atomic E-state index is -0.489. The number of hydrogen-bond acceptors (Lipinski definition) is 5. The molecular weight excluding hydrogens is 318 g/mol. The molecule has 1 amide bonds. The van der Waals surface area contributed by atoms with E-state index in [9.17, 15) is 9.90 Å². The first-order valence-electron chi connectivity index (χ1n) is 9.36. The van der Waals surface area contributed by atoms with E-state index in [1.165, 1.54) is 0 Å². The van der Waals surface area contributed by atoms with Crippen LogP contribution in [0.1, 0.15) is 62.1 Å². The number of aryl methyl sites for hydroxylation is 1. The highest BCUT2D eigenvalue weighted by atomic mass is 16.5. The highest BCUT2D eigenvalue weighted by molar-refractivity contribution is 5.96. The molecule has 0 radical (unpaired) electrons. The summed E-state index contributed by atoms with van der Waals surface area (Å²) < 4.78 is 5.72. The molecule has 4 aliphatic rings. The largest absolute Gasteiger partial charge is 0.474 e. The van der Waals surface area contributed by atoms with E-state index in [0.29, 0.717) is 35.0 Å². The SMILES string of the molecule is Cc1ncc(C(=O)NC2C3CC4CC2CC(O)(C4)C3)c(OC(C)C)n1. The number of nitrogens with zero attached hydrogens (tertiary/aromatic N) is 2. The summed E-state index contributed by atoms with van der Waals surface area (Å²) >= 11 is 0. The molecule has 4 aliphatic carbocycles. The van der Waals surface area contributed by atoms with Crippen molar-refractivity contribution >= 4 is 5.91 Å². The highest BCUT2D eigenvalue weighted by Gasteiger charge is 2.55. The third-order valence-electron chi connectivity index (χ3n) is 6.00. The predicted molar refractivity (Wildman–Crippen MR) is 92.3 cm³/mol. The van der Waals surface area contributed by atoms with Gasteiger partial charge in [-0.3, -0.25) is 4.79 Å². The normalized spacial score (nSPS) is 35.9. The van der Waals surface area contributed by atoms with E-state index in [1.54, 1.807) is 13.1 Å². The minimum Gasteiger partial charge on any atom is -0.474 e. The molecule has 25 heavy (non-hydrogen) atoms. The van der Waals surface area contributed by atoms with Crippen molar-refractivity contribution in [2.45, 2.75) is 70.6 Å². The average Bonchev–Trinajstić information content (AvgIpc) is 2.48. The van der Waals surface area contributed by atoms with Crippen molar-refractivity contribution < 1.29 is 14.6 Å². The first-order chi connectivity index (χ1) is 11.8. The summed E-state index contributed by atoms with van der Waals surface area (Å²) in [7, 11) is 0. The minimum absolute atomic E-state index is 0.0590. The second kappa shape index (κ2) is 5.94. The summed E-state index contributed by atoms with van der Waals surface area (Å²) in [5.41, 5.74) is -0.0943. The Morgan fingerprint density at radius 2 is 2.00 bits per heavy atom. The molecule has 1 aromatic rings. The lowest BCUT2D eigenvalue weighted by molar-refractivity contribution is -0.136. The van der Waals surface area contributed by atoms with Gasteiger partial charge in [-0.25, -0.2) is 4.98 Å². The van der Waals surface area contributed by atoms with E-state index >= 15 is 0 Å². The van der Waals surface area contributed by atoms with Crippen LogP contribution in [0.3, 0.4) is 0 Å².